The summed E-state index contributed by atoms with van der Waals surface area (Å²) in [6.45, 7) is 0. The van der Waals surface area contributed by atoms with Crippen LogP contribution in [0.5, 0.6) is 0 Å². The number of aromatic amines is 1. The number of hydrogen-bond acceptors (Lipinski definition) is 3. The van der Waals surface area contributed by atoms with Crippen LogP contribution in [-0.4, -0.2) is 15.9 Å². The lowest BCUT2D eigenvalue weighted by Crippen LogP contribution is -2.13. The van der Waals surface area contributed by atoms with Gasteiger partial charge in [-0.1, -0.05) is 0 Å². The molecule has 4 N–H and O–H groups in total. The maximum Gasteiger partial charge on any atom is 0.273 e. The van der Waals surface area contributed by atoms with Crippen molar-refractivity contribution in [3.63, 3.8) is 0 Å². The summed E-state index contributed by atoms with van der Waals surface area (Å²) >= 11 is 0. The first-order valence-corrected chi connectivity index (χ1v) is 4.52. The third-order valence-electron chi connectivity index (χ3n) is 1.92. The summed E-state index contributed by atoms with van der Waals surface area (Å²) in [7, 11) is 0. The smallest absolute Gasteiger partial charge is 0.273 e. The maximum atomic E-state index is 12.6. The Hall–Kier alpha value is -2.37. The van der Waals surface area contributed by atoms with Crippen molar-refractivity contribution in [1.29, 1.82) is 0 Å². The molecule has 0 fully saturated rings. The third-order valence-corrected chi connectivity index (χ3v) is 1.92. The highest BCUT2D eigenvalue weighted by atomic mass is 19.1. The van der Waals surface area contributed by atoms with Crippen molar-refractivity contribution in [1.82, 2.24) is 9.97 Å². The minimum atomic E-state index is -0.456. The summed E-state index contributed by atoms with van der Waals surface area (Å²) in [5, 5.41) is 2.50. The number of anilines is 2. The molecule has 5 nitrogen and oxygen atoms in total. The van der Waals surface area contributed by atoms with Gasteiger partial charge in [0.15, 0.2) is 0 Å². The summed E-state index contributed by atoms with van der Waals surface area (Å²) in [5.41, 5.74) is 6.25. The molecule has 0 aliphatic heterocycles. The zero-order valence-electron chi connectivity index (χ0n) is 8.20. The number of nitrogens with zero attached hydrogens (tertiary/aromatic N) is 1. The number of nitrogen functional groups attached to an aromatic ring is 1. The Bertz CT molecular complexity index is 506. The number of hydrogen-bond donors (Lipinski definition) is 3. The highest BCUT2D eigenvalue weighted by Crippen LogP contribution is 2.08. The van der Waals surface area contributed by atoms with E-state index in [1.54, 1.807) is 0 Å². The fourth-order valence-corrected chi connectivity index (χ4v) is 1.18. The van der Waals surface area contributed by atoms with Gasteiger partial charge in [0, 0.05) is 11.9 Å². The SMILES string of the molecule is Nc1c[nH]c(C(=O)Nc2ccc(F)cn2)c1. The lowest BCUT2D eigenvalue weighted by Gasteiger charge is -2.01. The first kappa shape index (κ1) is 10.2. The molecular formula is C10H9FN4O. The van der Waals surface area contributed by atoms with Gasteiger partial charge in [0.25, 0.3) is 5.91 Å². The number of nitrogens with two attached hydrogens (primary N) is 1. The van der Waals surface area contributed by atoms with E-state index in [0.29, 0.717) is 11.4 Å². The molecule has 0 atom stereocenters. The van der Waals surface area contributed by atoms with Crippen LogP contribution in [0.4, 0.5) is 15.9 Å². The van der Waals surface area contributed by atoms with Crippen LogP contribution in [-0.2, 0) is 0 Å². The second kappa shape index (κ2) is 4.01. The van der Waals surface area contributed by atoms with Crippen LogP contribution in [0.3, 0.4) is 0 Å². The largest absolute Gasteiger partial charge is 0.397 e. The van der Waals surface area contributed by atoms with Gasteiger partial charge in [-0.05, 0) is 18.2 Å². The molecule has 0 aliphatic rings. The zero-order chi connectivity index (χ0) is 11.5. The lowest BCUT2D eigenvalue weighted by atomic mass is 10.3. The molecule has 2 aromatic heterocycles. The highest BCUT2D eigenvalue weighted by Gasteiger charge is 2.08. The van der Waals surface area contributed by atoms with Crippen LogP contribution in [0.15, 0.2) is 30.6 Å². The van der Waals surface area contributed by atoms with Gasteiger partial charge in [-0.3, -0.25) is 4.79 Å². The van der Waals surface area contributed by atoms with Gasteiger partial charge in [-0.15, -0.1) is 0 Å². The van der Waals surface area contributed by atoms with Crippen molar-refractivity contribution in [2.24, 2.45) is 0 Å². The number of aromatic nitrogens is 2. The van der Waals surface area contributed by atoms with Crippen molar-refractivity contribution in [2.45, 2.75) is 0 Å². The number of halogens is 1. The summed E-state index contributed by atoms with van der Waals surface area (Å²) in [5.74, 6) is -0.558. The minimum absolute atomic E-state index is 0.277. The average molecular weight is 220 g/mol. The van der Waals surface area contributed by atoms with Crippen LogP contribution in [0.25, 0.3) is 0 Å². The molecule has 0 saturated heterocycles. The van der Waals surface area contributed by atoms with Gasteiger partial charge in [-0.2, -0.15) is 0 Å². The molecule has 82 valence electrons. The molecular weight excluding hydrogens is 211 g/mol. The summed E-state index contributed by atoms with van der Waals surface area (Å²) in [6.07, 6.45) is 2.53. The molecule has 0 bridgehead atoms. The van der Waals surface area contributed by atoms with E-state index in [9.17, 15) is 9.18 Å². The second-order valence-corrected chi connectivity index (χ2v) is 3.16. The van der Waals surface area contributed by atoms with Crippen molar-refractivity contribution in [2.75, 3.05) is 11.1 Å². The van der Waals surface area contributed by atoms with Gasteiger partial charge in [0.05, 0.1) is 6.20 Å². The van der Waals surface area contributed by atoms with Gasteiger partial charge >= 0.3 is 0 Å². The molecule has 2 heterocycles. The van der Waals surface area contributed by atoms with Crippen molar-refractivity contribution in [3.8, 4) is 0 Å². The standard InChI is InChI=1S/C10H9FN4O/c11-6-1-2-9(14-4-6)15-10(16)8-3-7(12)5-13-8/h1-5,13H,12H2,(H,14,15,16). The van der Waals surface area contributed by atoms with Gasteiger partial charge in [-0.25, -0.2) is 9.37 Å². The molecule has 16 heavy (non-hydrogen) atoms. The second-order valence-electron chi connectivity index (χ2n) is 3.16. The Balaban J connectivity index is 2.10. The molecule has 0 aromatic carbocycles. The number of pyridine rings is 1. The third kappa shape index (κ3) is 2.17. The van der Waals surface area contributed by atoms with E-state index >= 15 is 0 Å². The molecule has 2 aromatic rings. The van der Waals surface area contributed by atoms with Crippen molar-refractivity contribution < 1.29 is 9.18 Å². The van der Waals surface area contributed by atoms with E-state index in [2.05, 4.69) is 15.3 Å². The average Bonchev–Trinajstić information content (AvgIpc) is 2.68. The first-order valence-electron chi connectivity index (χ1n) is 4.52. The van der Waals surface area contributed by atoms with Gasteiger partial charge in [0.2, 0.25) is 0 Å². The Morgan fingerprint density at radius 2 is 2.31 bits per heavy atom. The number of amides is 1. The van der Waals surface area contributed by atoms with Crippen LogP contribution >= 0.6 is 0 Å². The number of nitrogens with one attached hydrogen (secondary N) is 2. The van der Waals surface area contributed by atoms with E-state index in [1.807, 2.05) is 0 Å². The molecule has 0 radical (unpaired) electrons. The summed E-state index contributed by atoms with van der Waals surface area (Å²) in [6, 6.07) is 4.09. The molecule has 0 unspecified atom stereocenters. The van der Waals surface area contributed by atoms with Crippen LogP contribution in [0.2, 0.25) is 0 Å². The van der Waals surface area contributed by atoms with Crippen LogP contribution < -0.4 is 11.1 Å². The van der Waals surface area contributed by atoms with Gasteiger partial charge < -0.3 is 16.0 Å². The lowest BCUT2D eigenvalue weighted by molar-refractivity contribution is 0.102. The topological polar surface area (TPSA) is 83.8 Å². The fourth-order valence-electron chi connectivity index (χ4n) is 1.18. The summed E-state index contributed by atoms with van der Waals surface area (Å²) in [4.78, 5) is 18.0. The monoisotopic (exact) mass is 220 g/mol. The Kier molecular flexibility index (Phi) is 2.55. The first-order chi connectivity index (χ1) is 7.65. The number of carbonyl (C=O) groups is 1. The molecule has 0 aliphatic carbocycles. The highest BCUT2D eigenvalue weighted by molar-refractivity contribution is 6.02. The zero-order valence-corrected chi connectivity index (χ0v) is 8.20. The van der Waals surface area contributed by atoms with Gasteiger partial charge in [0.1, 0.15) is 17.3 Å². The van der Waals surface area contributed by atoms with E-state index in [0.717, 1.165) is 6.20 Å². The molecule has 2 rings (SSSR count). The Morgan fingerprint density at radius 3 is 2.88 bits per heavy atom. The maximum absolute atomic E-state index is 12.6. The summed E-state index contributed by atoms with van der Waals surface area (Å²) < 4.78 is 12.6. The Morgan fingerprint density at radius 1 is 1.50 bits per heavy atom. The van der Waals surface area contributed by atoms with E-state index < -0.39 is 5.82 Å². The predicted molar refractivity (Wildman–Crippen MR) is 57.4 cm³/mol. The van der Waals surface area contributed by atoms with E-state index in [1.165, 1.54) is 24.4 Å². The van der Waals surface area contributed by atoms with Crippen LogP contribution in [0.1, 0.15) is 10.5 Å². The van der Waals surface area contributed by atoms with E-state index in [-0.39, 0.29) is 11.7 Å². The number of carbonyl (C=O) groups excluding carboxylic acids is 1. The minimum Gasteiger partial charge on any atom is -0.397 e. The normalized spacial score (nSPS) is 10.1. The van der Waals surface area contributed by atoms with E-state index in [4.69, 9.17) is 5.73 Å². The number of H-pyrrole nitrogens is 1. The number of rotatable bonds is 2. The predicted octanol–water partition coefficient (Wildman–Crippen LogP) is 1.38. The molecule has 1 amide bonds. The molecule has 6 heteroatoms. The molecule has 0 spiro atoms. The molecule has 0 saturated carbocycles. The van der Waals surface area contributed by atoms with Crippen molar-refractivity contribution in [3.05, 3.63) is 42.1 Å². The van der Waals surface area contributed by atoms with Crippen LogP contribution in [0, 0.1) is 5.82 Å². The Labute approximate surface area is 90.5 Å². The fraction of sp³-hybridized carbons (Fsp3) is 0. The quantitative estimate of drug-likeness (QED) is 0.714. The van der Waals surface area contributed by atoms with Crippen molar-refractivity contribution >= 4 is 17.4 Å².